The van der Waals surface area contributed by atoms with Gasteiger partial charge < -0.3 is 29.6 Å². The standard InChI is InChI=1S/C20H29N3O6/c1-26-16-9-13(20(25)22-15-11-29-12-17(15)27-2)8-14(19(16)28-3)21-18(24)10-23-6-4-5-7-23/h8-9,15,17H,4-7,10-12H2,1-3H3,(H,21,24)(H,22,25)/t15-,17+/m0/s1. The van der Waals surface area contributed by atoms with Gasteiger partial charge in [-0.2, -0.15) is 0 Å². The fraction of sp³-hybridized carbons (Fsp3) is 0.600. The Labute approximate surface area is 170 Å². The quantitative estimate of drug-likeness (QED) is 0.660. The largest absolute Gasteiger partial charge is 0.493 e. The van der Waals surface area contributed by atoms with Gasteiger partial charge >= 0.3 is 0 Å². The molecule has 2 N–H and O–H groups in total. The van der Waals surface area contributed by atoms with E-state index in [0.717, 1.165) is 25.9 Å². The van der Waals surface area contributed by atoms with Gasteiger partial charge in [-0.25, -0.2) is 0 Å². The highest BCUT2D eigenvalue weighted by atomic mass is 16.5. The van der Waals surface area contributed by atoms with Crippen molar-refractivity contribution in [2.45, 2.75) is 25.0 Å². The number of rotatable bonds is 8. The molecule has 3 rings (SSSR count). The Kier molecular flexibility index (Phi) is 7.29. The number of carbonyl (C=O) groups is 2. The Morgan fingerprint density at radius 3 is 2.55 bits per heavy atom. The molecule has 2 fully saturated rings. The number of nitrogens with one attached hydrogen (secondary N) is 2. The Morgan fingerprint density at radius 1 is 1.14 bits per heavy atom. The zero-order valence-corrected chi connectivity index (χ0v) is 17.2. The lowest BCUT2D eigenvalue weighted by atomic mass is 10.1. The molecule has 0 radical (unpaired) electrons. The average Bonchev–Trinajstić information content (AvgIpc) is 3.38. The number of ether oxygens (including phenoxy) is 4. The van der Waals surface area contributed by atoms with Crippen molar-refractivity contribution in [3.8, 4) is 11.5 Å². The van der Waals surface area contributed by atoms with Crippen LogP contribution in [0.5, 0.6) is 11.5 Å². The van der Waals surface area contributed by atoms with E-state index in [2.05, 4.69) is 15.5 Å². The third-order valence-electron chi connectivity index (χ3n) is 5.23. The predicted molar refractivity (Wildman–Crippen MR) is 107 cm³/mol. The summed E-state index contributed by atoms with van der Waals surface area (Å²) >= 11 is 0. The molecular weight excluding hydrogens is 378 g/mol. The molecule has 2 heterocycles. The van der Waals surface area contributed by atoms with E-state index >= 15 is 0 Å². The van der Waals surface area contributed by atoms with Crippen LogP contribution in [0.25, 0.3) is 0 Å². The Balaban J connectivity index is 1.77. The van der Waals surface area contributed by atoms with Gasteiger partial charge in [0.2, 0.25) is 5.91 Å². The number of anilines is 1. The lowest BCUT2D eigenvalue weighted by Crippen LogP contribution is -2.43. The molecule has 0 aromatic heterocycles. The summed E-state index contributed by atoms with van der Waals surface area (Å²) in [5.41, 5.74) is 0.744. The van der Waals surface area contributed by atoms with E-state index in [9.17, 15) is 9.59 Å². The number of hydrogen-bond donors (Lipinski definition) is 2. The maximum atomic E-state index is 12.8. The molecule has 2 aliphatic heterocycles. The molecule has 2 atom stereocenters. The molecule has 160 valence electrons. The second-order valence-corrected chi connectivity index (χ2v) is 7.18. The van der Waals surface area contributed by atoms with Crippen molar-refractivity contribution < 1.29 is 28.5 Å². The highest BCUT2D eigenvalue weighted by Gasteiger charge is 2.30. The summed E-state index contributed by atoms with van der Waals surface area (Å²) in [6.45, 7) is 2.96. The van der Waals surface area contributed by atoms with Gasteiger partial charge in [-0.15, -0.1) is 0 Å². The normalized spacial score (nSPS) is 21.8. The van der Waals surface area contributed by atoms with Crippen LogP contribution in [-0.2, 0) is 14.3 Å². The van der Waals surface area contributed by atoms with Gasteiger partial charge in [-0.3, -0.25) is 14.5 Å². The van der Waals surface area contributed by atoms with Crippen LogP contribution in [0.3, 0.4) is 0 Å². The van der Waals surface area contributed by atoms with Crippen molar-refractivity contribution in [1.82, 2.24) is 10.2 Å². The van der Waals surface area contributed by atoms with Crippen molar-refractivity contribution in [3.63, 3.8) is 0 Å². The van der Waals surface area contributed by atoms with Crippen molar-refractivity contribution in [1.29, 1.82) is 0 Å². The molecule has 9 nitrogen and oxygen atoms in total. The third-order valence-corrected chi connectivity index (χ3v) is 5.23. The maximum Gasteiger partial charge on any atom is 0.251 e. The van der Waals surface area contributed by atoms with Gasteiger partial charge in [-0.1, -0.05) is 0 Å². The van der Waals surface area contributed by atoms with Crippen LogP contribution in [0.1, 0.15) is 23.2 Å². The lowest BCUT2D eigenvalue weighted by molar-refractivity contribution is -0.117. The monoisotopic (exact) mass is 407 g/mol. The molecule has 2 aliphatic rings. The first-order valence-electron chi connectivity index (χ1n) is 9.75. The molecular formula is C20H29N3O6. The van der Waals surface area contributed by atoms with E-state index in [1.54, 1.807) is 19.2 Å². The summed E-state index contributed by atoms with van der Waals surface area (Å²) < 4.78 is 21.5. The van der Waals surface area contributed by atoms with Gasteiger partial charge in [0.1, 0.15) is 6.10 Å². The number of likely N-dealkylation sites (tertiary alicyclic amines) is 1. The van der Waals surface area contributed by atoms with Crippen LogP contribution in [0, 0.1) is 0 Å². The third kappa shape index (κ3) is 5.17. The average molecular weight is 407 g/mol. The molecule has 1 aromatic rings. The number of amides is 2. The minimum Gasteiger partial charge on any atom is -0.493 e. The van der Waals surface area contributed by atoms with Gasteiger partial charge in [0.25, 0.3) is 5.91 Å². The van der Waals surface area contributed by atoms with E-state index in [-0.39, 0.29) is 24.0 Å². The van der Waals surface area contributed by atoms with E-state index in [1.807, 2.05) is 0 Å². The maximum absolute atomic E-state index is 12.8. The minimum absolute atomic E-state index is 0.159. The second-order valence-electron chi connectivity index (χ2n) is 7.18. The molecule has 2 amide bonds. The first kappa shape index (κ1) is 21.4. The Morgan fingerprint density at radius 2 is 1.90 bits per heavy atom. The fourth-order valence-corrected chi connectivity index (χ4v) is 3.68. The van der Waals surface area contributed by atoms with Crippen molar-refractivity contribution in [2.24, 2.45) is 0 Å². The van der Waals surface area contributed by atoms with E-state index in [0.29, 0.717) is 42.5 Å². The Hall–Kier alpha value is -2.36. The van der Waals surface area contributed by atoms with Crippen molar-refractivity contribution in [2.75, 3.05) is 59.5 Å². The molecule has 9 heteroatoms. The molecule has 0 aliphatic carbocycles. The number of benzene rings is 1. The fourth-order valence-electron chi connectivity index (χ4n) is 3.68. The highest BCUT2D eigenvalue weighted by Crippen LogP contribution is 2.36. The van der Waals surface area contributed by atoms with Gasteiger partial charge in [0.05, 0.1) is 45.7 Å². The summed E-state index contributed by atoms with van der Waals surface area (Å²) in [6.07, 6.45) is 2.01. The molecule has 0 spiro atoms. The van der Waals surface area contributed by atoms with Crippen LogP contribution < -0.4 is 20.1 Å². The van der Waals surface area contributed by atoms with Gasteiger partial charge in [0, 0.05) is 12.7 Å². The zero-order chi connectivity index (χ0) is 20.8. The molecule has 2 saturated heterocycles. The smallest absolute Gasteiger partial charge is 0.251 e. The number of nitrogens with zero attached hydrogens (tertiary/aromatic N) is 1. The molecule has 0 bridgehead atoms. The number of hydrogen-bond acceptors (Lipinski definition) is 7. The minimum atomic E-state index is -0.307. The topological polar surface area (TPSA) is 98.4 Å². The SMILES string of the molecule is COc1cc(C(=O)N[C@H]2COC[C@H]2OC)cc(NC(=O)CN2CCCC2)c1OC. The first-order chi connectivity index (χ1) is 14.0. The Bertz CT molecular complexity index is 735. The van der Waals surface area contributed by atoms with E-state index in [4.69, 9.17) is 18.9 Å². The van der Waals surface area contributed by atoms with Crippen LogP contribution >= 0.6 is 0 Å². The molecule has 29 heavy (non-hydrogen) atoms. The summed E-state index contributed by atoms with van der Waals surface area (Å²) in [5, 5.41) is 5.77. The van der Waals surface area contributed by atoms with Gasteiger partial charge in [0.15, 0.2) is 11.5 Å². The van der Waals surface area contributed by atoms with Gasteiger partial charge in [-0.05, 0) is 38.1 Å². The van der Waals surface area contributed by atoms with Crippen LogP contribution in [0.2, 0.25) is 0 Å². The number of methoxy groups -OCH3 is 3. The van der Waals surface area contributed by atoms with Crippen LogP contribution in [0.4, 0.5) is 5.69 Å². The second kappa shape index (κ2) is 9.91. The lowest BCUT2D eigenvalue weighted by Gasteiger charge is -2.20. The van der Waals surface area contributed by atoms with Crippen molar-refractivity contribution in [3.05, 3.63) is 17.7 Å². The summed E-state index contributed by atoms with van der Waals surface area (Å²) in [5.74, 6) is 0.271. The summed E-state index contributed by atoms with van der Waals surface area (Å²) in [4.78, 5) is 27.4. The molecule has 1 aromatic carbocycles. The van der Waals surface area contributed by atoms with E-state index in [1.165, 1.54) is 14.2 Å². The highest BCUT2D eigenvalue weighted by molar-refractivity contribution is 6.00. The zero-order valence-electron chi connectivity index (χ0n) is 17.2. The molecule has 0 saturated carbocycles. The van der Waals surface area contributed by atoms with E-state index < -0.39 is 0 Å². The van der Waals surface area contributed by atoms with Crippen LogP contribution in [-0.4, -0.2) is 83.0 Å². The first-order valence-corrected chi connectivity index (χ1v) is 9.75. The summed E-state index contributed by atoms with van der Waals surface area (Å²) in [7, 11) is 4.57. The number of carbonyl (C=O) groups excluding carboxylic acids is 2. The summed E-state index contributed by atoms with van der Waals surface area (Å²) in [6, 6.07) is 2.94. The predicted octanol–water partition coefficient (Wildman–Crippen LogP) is 0.882. The van der Waals surface area contributed by atoms with Crippen molar-refractivity contribution >= 4 is 17.5 Å². The molecule has 0 unspecified atom stereocenters. The van der Waals surface area contributed by atoms with Crippen LogP contribution in [0.15, 0.2) is 12.1 Å².